The molecule has 0 aliphatic carbocycles. The quantitative estimate of drug-likeness (QED) is 0.891. The fourth-order valence-corrected chi connectivity index (χ4v) is 2.34. The van der Waals surface area contributed by atoms with E-state index >= 15 is 0 Å². The Hall–Kier alpha value is -0.970. The van der Waals surface area contributed by atoms with Gasteiger partial charge in [0.1, 0.15) is 10.8 Å². The molecule has 1 aromatic heterocycles. The van der Waals surface area contributed by atoms with Gasteiger partial charge in [0.05, 0.1) is 0 Å². The lowest BCUT2D eigenvalue weighted by molar-refractivity contribution is 0.631. The second-order valence-corrected chi connectivity index (χ2v) is 4.98. The number of benzene rings is 1. The minimum atomic E-state index is -0.324. The zero-order valence-electron chi connectivity index (χ0n) is 8.58. The van der Waals surface area contributed by atoms with Crippen molar-refractivity contribution in [3.63, 3.8) is 0 Å². The van der Waals surface area contributed by atoms with Gasteiger partial charge in [-0.1, -0.05) is 11.6 Å². The summed E-state index contributed by atoms with van der Waals surface area (Å²) in [5.74, 6) is -0.324. The first-order chi connectivity index (χ1) is 7.58. The summed E-state index contributed by atoms with van der Waals surface area (Å²) in [6.07, 6.45) is 1.67. The van der Waals surface area contributed by atoms with Crippen LogP contribution in [0.4, 0.5) is 4.39 Å². The predicted octanol–water partition coefficient (Wildman–Crippen LogP) is 3.62. The standard InChI is InChI=1S/C11H10ClFN2S/c1-6(14)10-5-15-11(16-10)8-4-7(12)2-3-9(8)13/h2-6H,14H2,1H3. The number of nitrogens with two attached hydrogens (primary N) is 1. The number of nitrogens with zero attached hydrogens (tertiary/aromatic N) is 1. The van der Waals surface area contributed by atoms with E-state index in [1.165, 1.54) is 23.5 Å². The third-order valence-electron chi connectivity index (χ3n) is 2.13. The minimum Gasteiger partial charge on any atom is -0.323 e. The van der Waals surface area contributed by atoms with Crippen LogP contribution in [0.5, 0.6) is 0 Å². The second-order valence-electron chi connectivity index (χ2n) is 3.48. The van der Waals surface area contributed by atoms with Crippen molar-refractivity contribution in [1.29, 1.82) is 0 Å². The number of halogens is 2. The van der Waals surface area contributed by atoms with E-state index in [-0.39, 0.29) is 11.9 Å². The van der Waals surface area contributed by atoms with Crippen molar-refractivity contribution < 1.29 is 4.39 Å². The molecule has 2 nitrogen and oxygen atoms in total. The Morgan fingerprint density at radius 2 is 2.25 bits per heavy atom. The van der Waals surface area contributed by atoms with Crippen molar-refractivity contribution in [3.8, 4) is 10.6 Å². The molecule has 0 spiro atoms. The highest BCUT2D eigenvalue weighted by Crippen LogP contribution is 2.31. The van der Waals surface area contributed by atoms with Crippen LogP contribution in [0.15, 0.2) is 24.4 Å². The molecule has 1 atom stereocenters. The van der Waals surface area contributed by atoms with Gasteiger partial charge in [0.15, 0.2) is 0 Å². The van der Waals surface area contributed by atoms with Gasteiger partial charge in [-0.15, -0.1) is 11.3 Å². The summed E-state index contributed by atoms with van der Waals surface area (Å²) in [4.78, 5) is 5.07. The lowest BCUT2D eigenvalue weighted by atomic mass is 10.2. The molecule has 0 bridgehead atoms. The summed E-state index contributed by atoms with van der Waals surface area (Å²) in [6, 6.07) is 4.33. The first-order valence-electron chi connectivity index (χ1n) is 4.74. The van der Waals surface area contributed by atoms with Gasteiger partial charge in [-0.2, -0.15) is 0 Å². The highest BCUT2D eigenvalue weighted by Gasteiger charge is 2.11. The average Bonchev–Trinajstić information content (AvgIpc) is 2.70. The van der Waals surface area contributed by atoms with Crippen LogP contribution in [-0.4, -0.2) is 4.98 Å². The Balaban J connectivity index is 2.46. The molecule has 0 saturated carbocycles. The van der Waals surface area contributed by atoms with Crippen LogP contribution in [0.25, 0.3) is 10.6 Å². The number of rotatable bonds is 2. The summed E-state index contributed by atoms with van der Waals surface area (Å²) in [5.41, 5.74) is 6.14. The lowest BCUT2D eigenvalue weighted by Gasteiger charge is -2.00. The molecule has 1 unspecified atom stereocenters. The van der Waals surface area contributed by atoms with Crippen molar-refractivity contribution in [2.24, 2.45) is 5.73 Å². The van der Waals surface area contributed by atoms with E-state index in [0.717, 1.165) is 4.88 Å². The van der Waals surface area contributed by atoms with Crippen LogP contribution in [-0.2, 0) is 0 Å². The molecule has 0 aliphatic heterocycles. The molecule has 5 heteroatoms. The van der Waals surface area contributed by atoms with E-state index in [9.17, 15) is 4.39 Å². The van der Waals surface area contributed by atoms with E-state index in [0.29, 0.717) is 15.6 Å². The maximum Gasteiger partial charge on any atom is 0.133 e. The molecular formula is C11H10ClFN2S. The maximum atomic E-state index is 13.5. The van der Waals surface area contributed by atoms with Crippen molar-refractivity contribution in [2.75, 3.05) is 0 Å². The highest BCUT2D eigenvalue weighted by molar-refractivity contribution is 7.15. The fourth-order valence-electron chi connectivity index (χ4n) is 1.28. The zero-order chi connectivity index (χ0) is 11.7. The summed E-state index contributed by atoms with van der Waals surface area (Å²) >= 11 is 7.20. The summed E-state index contributed by atoms with van der Waals surface area (Å²) in [5, 5.41) is 1.10. The molecule has 84 valence electrons. The van der Waals surface area contributed by atoms with Gasteiger partial charge in [0.25, 0.3) is 0 Å². The molecule has 2 rings (SSSR count). The molecule has 0 saturated heterocycles. The third kappa shape index (κ3) is 2.24. The Bertz CT molecular complexity index is 510. The molecule has 1 heterocycles. The number of aromatic nitrogens is 1. The molecule has 0 radical (unpaired) electrons. The molecule has 2 aromatic rings. The smallest absolute Gasteiger partial charge is 0.133 e. The van der Waals surface area contributed by atoms with Crippen LogP contribution < -0.4 is 5.73 Å². The Morgan fingerprint density at radius 1 is 1.50 bits per heavy atom. The number of hydrogen-bond acceptors (Lipinski definition) is 3. The summed E-state index contributed by atoms with van der Waals surface area (Å²) in [6.45, 7) is 1.87. The minimum absolute atomic E-state index is 0.0894. The van der Waals surface area contributed by atoms with E-state index in [4.69, 9.17) is 17.3 Å². The molecular weight excluding hydrogens is 247 g/mol. The molecule has 1 aromatic carbocycles. The molecule has 2 N–H and O–H groups in total. The van der Waals surface area contributed by atoms with Crippen molar-refractivity contribution in [1.82, 2.24) is 4.98 Å². The maximum absolute atomic E-state index is 13.5. The van der Waals surface area contributed by atoms with Gasteiger partial charge >= 0.3 is 0 Å². The van der Waals surface area contributed by atoms with E-state index < -0.39 is 0 Å². The van der Waals surface area contributed by atoms with Gasteiger partial charge in [-0.3, -0.25) is 0 Å². The molecule has 0 fully saturated rings. The van der Waals surface area contributed by atoms with Crippen LogP contribution >= 0.6 is 22.9 Å². The predicted molar refractivity (Wildman–Crippen MR) is 65.1 cm³/mol. The van der Waals surface area contributed by atoms with Gasteiger partial charge in [-0.05, 0) is 25.1 Å². The van der Waals surface area contributed by atoms with E-state index in [1.54, 1.807) is 12.3 Å². The van der Waals surface area contributed by atoms with Crippen LogP contribution in [0.3, 0.4) is 0 Å². The topological polar surface area (TPSA) is 38.9 Å². The van der Waals surface area contributed by atoms with Crippen molar-refractivity contribution >= 4 is 22.9 Å². The van der Waals surface area contributed by atoms with Gasteiger partial charge < -0.3 is 5.73 Å². The normalized spacial score (nSPS) is 12.8. The third-order valence-corrected chi connectivity index (χ3v) is 3.60. The van der Waals surface area contributed by atoms with Gasteiger partial charge in [0, 0.05) is 27.7 Å². The monoisotopic (exact) mass is 256 g/mol. The first-order valence-corrected chi connectivity index (χ1v) is 5.94. The van der Waals surface area contributed by atoms with Crippen LogP contribution in [0.1, 0.15) is 17.8 Å². The molecule has 16 heavy (non-hydrogen) atoms. The zero-order valence-corrected chi connectivity index (χ0v) is 10.1. The Labute approximate surface area is 102 Å². The van der Waals surface area contributed by atoms with Crippen molar-refractivity contribution in [2.45, 2.75) is 13.0 Å². The van der Waals surface area contributed by atoms with Crippen LogP contribution in [0, 0.1) is 5.82 Å². The fraction of sp³-hybridized carbons (Fsp3) is 0.182. The van der Waals surface area contributed by atoms with Crippen LogP contribution in [0.2, 0.25) is 5.02 Å². The Morgan fingerprint density at radius 3 is 2.88 bits per heavy atom. The number of hydrogen-bond donors (Lipinski definition) is 1. The van der Waals surface area contributed by atoms with Crippen molar-refractivity contribution in [3.05, 3.63) is 40.1 Å². The highest BCUT2D eigenvalue weighted by atomic mass is 35.5. The lowest BCUT2D eigenvalue weighted by Crippen LogP contribution is -2.01. The second kappa shape index (κ2) is 4.49. The van der Waals surface area contributed by atoms with Gasteiger partial charge in [-0.25, -0.2) is 9.37 Å². The largest absolute Gasteiger partial charge is 0.323 e. The average molecular weight is 257 g/mol. The Kier molecular flexibility index (Phi) is 3.23. The SMILES string of the molecule is CC(N)c1cnc(-c2cc(Cl)ccc2F)s1. The number of thiazole rings is 1. The summed E-state index contributed by atoms with van der Waals surface area (Å²) < 4.78 is 13.5. The summed E-state index contributed by atoms with van der Waals surface area (Å²) in [7, 11) is 0. The molecule has 0 amide bonds. The van der Waals surface area contributed by atoms with E-state index in [2.05, 4.69) is 4.98 Å². The van der Waals surface area contributed by atoms with E-state index in [1.807, 2.05) is 6.92 Å². The molecule has 0 aliphatic rings. The first kappa shape index (κ1) is 11.5. The van der Waals surface area contributed by atoms with Gasteiger partial charge in [0.2, 0.25) is 0 Å².